The fraction of sp³-hybridized carbons (Fsp3) is 0.636. The number of phenols is 1. The lowest BCUT2D eigenvalue weighted by atomic mass is 10.0. The Morgan fingerprint density at radius 3 is 2.42 bits per heavy atom. The van der Waals surface area contributed by atoms with Gasteiger partial charge in [-0.15, -0.1) is 0 Å². The highest BCUT2D eigenvalue weighted by atomic mass is 28.4. The van der Waals surface area contributed by atoms with E-state index in [0.717, 1.165) is 24.2 Å². The van der Waals surface area contributed by atoms with Crippen molar-refractivity contribution in [2.45, 2.75) is 70.4 Å². The molecule has 0 radical (unpaired) electrons. The summed E-state index contributed by atoms with van der Waals surface area (Å²) in [5.41, 5.74) is 0.415. The van der Waals surface area contributed by atoms with Crippen LogP contribution in [0.25, 0.3) is 0 Å². The highest BCUT2D eigenvalue weighted by Gasteiger charge is 2.59. The first-order valence-electron chi connectivity index (χ1n) is 10.7. The number of anilines is 1. The zero-order chi connectivity index (χ0) is 22.9. The molecule has 1 spiro atoms. The molecule has 1 saturated heterocycles. The number of ether oxygens (including phenoxy) is 1. The maximum atomic E-state index is 13.6. The highest BCUT2D eigenvalue weighted by molar-refractivity contribution is 6.74. The maximum Gasteiger partial charge on any atom is 0.414 e. The Labute approximate surface area is 183 Å². The Morgan fingerprint density at radius 2 is 1.90 bits per heavy atom. The Morgan fingerprint density at radius 1 is 1.26 bits per heavy atom. The van der Waals surface area contributed by atoms with Crippen LogP contribution in [-0.2, 0) is 4.43 Å². The summed E-state index contributed by atoms with van der Waals surface area (Å²) in [7, 11) is -0.991. The van der Waals surface area contributed by atoms with Crippen LogP contribution in [0.15, 0.2) is 12.1 Å². The van der Waals surface area contributed by atoms with E-state index in [1.54, 1.807) is 4.90 Å². The van der Waals surface area contributed by atoms with Crippen LogP contribution in [0.1, 0.15) is 50.4 Å². The van der Waals surface area contributed by atoms with Crippen LogP contribution in [0.2, 0.25) is 18.1 Å². The normalized spacial score (nSPS) is 24.6. The molecule has 3 aliphatic rings. The number of methoxy groups -OCH3 is 1. The molecule has 1 aromatic carbocycles. The van der Waals surface area contributed by atoms with Gasteiger partial charge in [-0.25, -0.2) is 9.69 Å². The van der Waals surface area contributed by atoms with Gasteiger partial charge in [-0.2, -0.15) is 0 Å². The van der Waals surface area contributed by atoms with Crippen LogP contribution in [0.4, 0.5) is 10.5 Å². The first-order valence-corrected chi connectivity index (χ1v) is 13.6. The van der Waals surface area contributed by atoms with E-state index in [-0.39, 0.29) is 45.2 Å². The van der Waals surface area contributed by atoms with E-state index in [9.17, 15) is 19.8 Å². The number of carbonyl (C=O) groups excluding carboxylic acids is 1. The lowest BCUT2D eigenvalue weighted by Crippen LogP contribution is -2.57. The molecule has 2 amide bonds. The number of benzene rings is 1. The molecule has 1 aliphatic carbocycles. The van der Waals surface area contributed by atoms with E-state index >= 15 is 0 Å². The summed E-state index contributed by atoms with van der Waals surface area (Å²) in [6.07, 6.45) is 0.758. The quantitative estimate of drug-likeness (QED) is 0.671. The van der Waals surface area contributed by atoms with Crippen LogP contribution in [-0.4, -0.2) is 61.4 Å². The number of amides is 2. The van der Waals surface area contributed by atoms with E-state index in [1.165, 1.54) is 19.2 Å². The Bertz CT molecular complexity index is 937. The molecule has 0 aromatic heterocycles. The third-order valence-electron chi connectivity index (χ3n) is 7.56. The largest absolute Gasteiger partial charge is 0.504 e. The van der Waals surface area contributed by atoms with Crippen LogP contribution < -0.4 is 9.64 Å². The Hall–Kier alpha value is -2.26. The van der Waals surface area contributed by atoms with E-state index in [4.69, 9.17) is 9.16 Å². The average Bonchev–Trinajstić information content (AvgIpc) is 3.30. The van der Waals surface area contributed by atoms with E-state index in [0.29, 0.717) is 6.54 Å². The smallest absolute Gasteiger partial charge is 0.414 e. The molecule has 31 heavy (non-hydrogen) atoms. The molecule has 2 heterocycles. The van der Waals surface area contributed by atoms with Gasteiger partial charge in [0.2, 0.25) is 0 Å². The van der Waals surface area contributed by atoms with Crippen LogP contribution >= 0.6 is 0 Å². The number of nitrogens with zero attached hydrogens (tertiary/aromatic N) is 2. The third-order valence-corrected chi connectivity index (χ3v) is 12.0. The second-order valence-electron chi connectivity index (χ2n) is 10.7. The van der Waals surface area contributed by atoms with Gasteiger partial charge in [-0.3, -0.25) is 4.79 Å². The van der Waals surface area contributed by atoms with Crippen LogP contribution in [0.5, 0.6) is 11.5 Å². The van der Waals surface area contributed by atoms with Crippen molar-refractivity contribution in [1.82, 2.24) is 4.90 Å². The van der Waals surface area contributed by atoms with Crippen LogP contribution in [0.3, 0.4) is 0 Å². The van der Waals surface area contributed by atoms with Gasteiger partial charge in [-0.1, -0.05) is 20.8 Å². The van der Waals surface area contributed by atoms with Crippen molar-refractivity contribution < 1.29 is 29.0 Å². The van der Waals surface area contributed by atoms with Gasteiger partial charge in [0.1, 0.15) is 0 Å². The molecule has 0 bridgehead atoms. The minimum atomic E-state index is -2.39. The first-order chi connectivity index (χ1) is 14.3. The molecule has 1 unspecified atom stereocenters. The summed E-state index contributed by atoms with van der Waals surface area (Å²) < 4.78 is 11.9. The molecule has 2 fully saturated rings. The molecular weight excluding hydrogens is 416 g/mol. The number of phenolic OH excluding ortho intramolecular Hbond substituents is 1. The molecule has 2 aliphatic heterocycles. The van der Waals surface area contributed by atoms with Crippen LogP contribution in [0, 0.1) is 5.41 Å². The molecule has 2 atom stereocenters. The van der Waals surface area contributed by atoms with E-state index in [1.807, 2.05) is 0 Å². The number of carboxylic acid groups (broad SMARTS) is 1. The molecular formula is C22H32N2O6Si. The summed E-state index contributed by atoms with van der Waals surface area (Å²) in [4.78, 5) is 29.1. The standard InChI is InChI=1S/C22H32N2O6Si/c1-21(2,3)31(5,6)30-19-15-11-22(7-8-22)12-23(15)18(26)13-9-17(29-4)16(25)10-14(13)24(19)20(27)28/h9-10,15,19,25H,7-8,11-12H2,1-6H3,(H,27,28)/t15-,19?/m0/s1. The van der Waals surface area contributed by atoms with E-state index < -0.39 is 20.6 Å². The second-order valence-corrected chi connectivity index (χ2v) is 15.4. The monoisotopic (exact) mass is 448 g/mol. The van der Waals surface area contributed by atoms with Gasteiger partial charge in [0.25, 0.3) is 5.91 Å². The van der Waals surface area contributed by atoms with Gasteiger partial charge < -0.3 is 24.3 Å². The topological polar surface area (TPSA) is 99.5 Å². The number of carbonyl (C=O) groups is 2. The number of fused-ring (bicyclic) bond motifs is 2. The average molecular weight is 449 g/mol. The second kappa shape index (κ2) is 6.87. The number of hydrogen-bond acceptors (Lipinski definition) is 5. The number of aromatic hydroxyl groups is 1. The number of hydrogen-bond donors (Lipinski definition) is 2. The van der Waals surface area contributed by atoms with Gasteiger partial charge in [0, 0.05) is 12.6 Å². The minimum Gasteiger partial charge on any atom is -0.504 e. The van der Waals surface area contributed by atoms with E-state index in [2.05, 4.69) is 33.9 Å². The molecule has 2 N–H and O–H groups in total. The molecule has 9 heteroatoms. The zero-order valence-electron chi connectivity index (χ0n) is 19.1. The molecule has 4 rings (SSSR count). The summed E-state index contributed by atoms with van der Waals surface area (Å²) >= 11 is 0. The maximum absolute atomic E-state index is 13.6. The Kier molecular flexibility index (Phi) is 4.86. The van der Waals surface area contributed by atoms with Gasteiger partial charge in [0.15, 0.2) is 26.0 Å². The van der Waals surface area contributed by atoms with Crippen molar-refractivity contribution in [3.05, 3.63) is 17.7 Å². The predicted molar refractivity (Wildman–Crippen MR) is 118 cm³/mol. The van der Waals surface area contributed by atoms with Crippen molar-refractivity contribution in [3.8, 4) is 11.5 Å². The molecule has 1 aromatic rings. The van der Waals surface area contributed by atoms with Gasteiger partial charge in [0.05, 0.1) is 24.4 Å². The lowest BCUT2D eigenvalue weighted by Gasteiger charge is -2.44. The summed E-state index contributed by atoms with van der Waals surface area (Å²) in [6, 6.07) is 2.37. The zero-order valence-corrected chi connectivity index (χ0v) is 20.1. The molecule has 8 nitrogen and oxygen atoms in total. The minimum absolute atomic E-state index is 0.0675. The van der Waals surface area contributed by atoms with Gasteiger partial charge >= 0.3 is 6.09 Å². The Balaban J connectivity index is 1.90. The lowest BCUT2D eigenvalue weighted by molar-refractivity contribution is 0.0541. The van der Waals surface area contributed by atoms with Crippen molar-refractivity contribution in [2.75, 3.05) is 18.6 Å². The van der Waals surface area contributed by atoms with Gasteiger partial charge in [-0.05, 0) is 48.9 Å². The highest BCUT2D eigenvalue weighted by Crippen LogP contribution is 2.57. The fourth-order valence-electron chi connectivity index (χ4n) is 4.49. The SMILES string of the molecule is COc1cc2c(cc1O)N(C(=O)O)C(O[Si](C)(C)C(C)(C)C)[C@@H]1CC3(CC3)CN1C2=O. The first kappa shape index (κ1) is 21.9. The van der Waals surface area contributed by atoms with Crippen molar-refractivity contribution in [2.24, 2.45) is 5.41 Å². The van der Waals surface area contributed by atoms with Crippen molar-refractivity contribution in [3.63, 3.8) is 0 Å². The number of rotatable bonds is 3. The summed E-state index contributed by atoms with van der Waals surface area (Å²) in [5, 5.41) is 20.5. The third kappa shape index (κ3) is 3.47. The summed E-state index contributed by atoms with van der Waals surface area (Å²) in [6.45, 7) is 11.1. The summed E-state index contributed by atoms with van der Waals surface area (Å²) in [5.74, 6) is -0.320. The fourth-order valence-corrected chi connectivity index (χ4v) is 5.71. The van der Waals surface area contributed by atoms with Crippen molar-refractivity contribution >= 4 is 26.0 Å². The molecule has 1 saturated carbocycles. The van der Waals surface area contributed by atoms with Crippen molar-refractivity contribution in [1.29, 1.82) is 0 Å². The predicted octanol–water partition coefficient (Wildman–Crippen LogP) is 4.24. The molecule has 170 valence electrons.